The zero-order chi connectivity index (χ0) is 22.7. The zero-order valence-corrected chi connectivity index (χ0v) is 18.3. The van der Waals surface area contributed by atoms with E-state index < -0.39 is 17.4 Å². The van der Waals surface area contributed by atoms with Crippen LogP contribution >= 0.6 is 23.1 Å². The van der Waals surface area contributed by atoms with E-state index in [1.165, 1.54) is 18.4 Å². The molecule has 162 valence electrons. The van der Waals surface area contributed by atoms with Crippen LogP contribution in [0.2, 0.25) is 0 Å². The maximum absolute atomic E-state index is 12.4. The molecule has 0 aliphatic rings. The number of ether oxygens (including phenoxy) is 1. The van der Waals surface area contributed by atoms with E-state index in [0.717, 1.165) is 16.5 Å². The van der Waals surface area contributed by atoms with Crippen LogP contribution in [0.25, 0.3) is 21.3 Å². The molecule has 2 aromatic carbocycles. The second-order valence-corrected chi connectivity index (χ2v) is 8.46. The lowest BCUT2D eigenvalue weighted by Crippen LogP contribution is -2.16. The lowest BCUT2D eigenvalue weighted by atomic mass is 10.1. The Balaban J connectivity index is 1.43. The molecular formula is C21H16N4O5S2. The molecule has 0 fully saturated rings. The molecule has 0 bridgehead atoms. The standard InChI is InChI=1S/C21H16N4O5S2/c1-30-19(29)12-7-8-13-14(9-12)32-21(22-13)23-15(26)10-31-20-24-17(27)16(18(28)25-20)11-5-3-2-4-6-11/h2-9H,10H2,1H3,(H,22,23,26)(H2,24,25,27,28). The summed E-state index contributed by atoms with van der Waals surface area (Å²) in [5, 5.41) is 13.4. The number of carbonyl (C=O) groups is 2. The van der Waals surface area contributed by atoms with Crippen LogP contribution in [-0.2, 0) is 9.53 Å². The first-order valence-electron chi connectivity index (χ1n) is 9.25. The van der Waals surface area contributed by atoms with Crippen LogP contribution in [0.15, 0.2) is 58.5 Å². The molecule has 4 aromatic rings. The van der Waals surface area contributed by atoms with Crippen molar-refractivity contribution in [2.24, 2.45) is 0 Å². The average Bonchev–Trinajstić information content (AvgIpc) is 3.18. The average molecular weight is 469 g/mol. The lowest BCUT2D eigenvalue weighted by Gasteiger charge is -2.06. The van der Waals surface area contributed by atoms with E-state index in [0.29, 0.717) is 21.8 Å². The number of aromatic nitrogens is 3. The highest BCUT2D eigenvalue weighted by Crippen LogP contribution is 2.28. The first-order valence-corrected chi connectivity index (χ1v) is 11.0. The van der Waals surface area contributed by atoms with E-state index >= 15 is 0 Å². The van der Waals surface area contributed by atoms with Crippen LogP contribution in [0, 0.1) is 0 Å². The summed E-state index contributed by atoms with van der Waals surface area (Å²) < 4.78 is 5.43. The first kappa shape index (κ1) is 21.5. The number of anilines is 1. The Hall–Kier alpha value is -3.70. The second kappa shape index (κ2) is 9.20. The smallest absolute Gasteiger partial charge is 0.337 e. The van der Waals surface area contributed by atoms with Gasteiger partial charge in [0.15, 0.2) is 10.3 Å². The Morgan fingerprint density at radius 1 is 1.19 bits per heavy atom. The van der Waals surface area contributed by atoms with Gasteiger partial charge >= 0.3 is 5.97 Å². The predicted molar refractivity (Wildman–Crippen MR) is 122 cm³/mol. The number of rotatable bonds is 6. The highest BCUT2D eigenvalue weighted by molar-refractivity contribution is 7.99. The monoisotopic (exact) mass is 468 g/mol. The van der Waals surface area contributed by atoms with Crippen molar-refractivity contribution in [2.75, 3.05) is 18.2 Å². The van der Waals surface area contributed by atoms with E-state index in [-0.39, 0.29) is 22.4 Å². The summed E-state index contributed by atoms with van der Waals surface area (Å²) in [5.74, 6) is -1.28. The van der Waals surface area contributed by atoms with Crippen molar-refractivity contribution in [3.8, 4) is 17.0 Å². The lowest BCUT2D eigenvalue weighted by molar-refractivity contribution is -0.113. The third kappa shape index (κ3) is 4.63. The van der Waals surface area contributed by atoms with Gasteiger partial charge in [0.25, 0.3) is 5.56 Å². The van der Waals surface area contributed by atoms with Crippen molar-refractivity contribution >= 4 is 50.3 Å². The summed E-state index contributed by atoms with van der Waals surface area (Å²) in [5.41, 5.74) is 1.14. The van der Waals surface area contributed by atoms with E-state index in [4.69, 9.17) is 4.74 Å². The molecule has 4 rings (SSSR count). The summed E-state index contributed by atoms with van der Waals surface area (Å²) >= 11 is 2.19. The molecule has 11 heteroatoms. The number of nitrogens with one attached hydrogen (secondary N) is 2. The third-order valence-electron chi connectivity index (χ3n) is 4.34. The number of methoxy groups -OCH3 is 1. The SMILES string of the molecule is COC(=O)c1ccc2nc(NC(=O)CSc3nc(O)c(-c4ccccc4)c(=O)[nH]3)sc2c1. The maximum atomic E-state index is 12.4. The van der Waals surface area contributed by atoms with Crippen molar-refractivity contribution in [1.82, 2.24) is 15.0 Å². The van der Waals surface area contributed by atoms with Crippen molar-refractivity contribution in [3.05, 3.63) is 64.4 Å². The maximum Gasteiger partial charge on any atom is 0.337 e. The fourth-order valence-corrected chi connectivity index (χ4v) is 4.46. The molecule has 0 radical (unpaired) electrons. The van der Waals surface area contributed by atoms with E-state index in [9.17, 15) is 19.5 Å². The number of carbonyl (C=O) groups excluding carboxylic acids is 2. The largest absolute Gasteiger partial charge is 0.493 e. The fourth-order valence-electron chi connectivity index (χ4n) is 2.89. The Bertz CT molecular complexity index is 1370. The summed E-state index contributed by atoms with van der Waals surface area (Å²) in [4.78, 5) is 47.2. The van der Waals surface area contributed by atoms with Gasteiger partial charge in [0, 0.05) is 0 Å². The van der Waals surface area contributed by atoms with Crippen LogP contribution in [0.4, 0.5) is 5.13 Å². The van der Waals surface area contributed by atoms with Gasteiger partial charge in [-0.25, -0.2) is 9.78 Å². The van der Waals surface area contributed by atoms with E-state index in [2.05, 4.69) is 20.3 Å². The molecule has 0 saturated heterocycles. The van der Waals surface area contributed by atoms with Crippen molar-refractivity contribution < 1.29 is 19.4 Å². The molecule has 0 saturated carbocycles. The minimum Gasteiger partial charge on any atom is -0.493 e. The molecule has 2 aromatic heterocycles. The third-order valence-corrected chi connectivity index (χ3v) is 6.14. The molecule has 0 aliphatic carbocycles. The molecule has 2 heterocycles. The van der Waals surface area contributed by atoms with Gasteiger partial charge in [-0.3, -0.25) is 9.59 Å². The van der Waals surface area contributed by atoms with E-state index in [1.54, 1.807) is 48.5 Å². The summed E-state index contributed by atoms with van der Waals surface area (Å²) in [6.45, 7) is 0. The first-order chi connectivity index (χ1) is 15.4. The molecule has 3 N–H and O–H groups in total. The number of aromatic amines is 1. The predicted octanol–water partition coefficient (Wildman–Crippen LogP) is 3.27. The molecule has 0 atom stereocenters. The molecule has 32 heavy (non-hydrogen) atoms. The molecule has 1 amide bonds. The fraction of sp³-hybridized carbons (Fsp3) is 0.0952. The molecule has 0 unspecified atom stereocenters. The minimum atomic E-state index is -0.501. The van der Waals surface area contributed by atoms with Gasteiger partial charge in [-0.05, 0) is 23.8 Å². The normalized spacial score (nSPS) is 10.8. The number of aromatic hydroxyl groups is 1. The van der Waals surface area contributed by atoms with Crippen molar-refractivity contribution in [2.45, 2.75) is 5.16 Å². The minimum absolute atomic E-state index is 0.0591. The number of hydrogen-bond acceptors (Lipinski definition) is 9. The number of benzene rings is 2. The summed E-state index contributed by atoms with van der Waals surface area (Å²) in [6.07, 6.45) is 0. The van der Waals surface area contributed by atoms with Gasteiger partial charge in [0.1, 0.15) is 5.56 Å². The van der Waals surface area contributed by atoms with Gasteiger partial charge in [0.2, 0.25) is 11.8 Å². The number of hydrogen-bond donors (Lipinski definition) is 3. The van der Waals surface area contributed by atoms with Crippen molar-refractivity contribution in [1.29, 1.82) is 0 Å². The number of thioether (sulfide) groups is 1. The number of thiazole rings is 1. The Morgan fingerprint density at radius 2 is 1.97 bits per heavy atom. The molecular weight excluding hydrogens is 452 g/mol. The van der Waals surface area contributed by atoms with Crippen LogP contribution in [0.1, 0.15) is 10.4 Å². The van der Waals surface area contributed by atoms with E-state index in [1.807, 2.05) is 0 Å². The van der Waals surface area contributed by atoms with Crippen LogP contribution in [-0.4, -0.2) is 44.8 Å². The molecule has 9 nitrogen and oxygen atoms in total. The Kier molecular flexibility index (Phi) is 6.19. The Morgan fingerprint density at radius 3 is 2.69 bits per heavy atom. The number of amides is 1. The second-order valence-electron chi connectivity index (χ2n) is 6.47. The highest BCUT2D eigenvalue weighted by atomic mass is 32.2. The molecule has 0 aliphatic heterocycles. The van der Waals surface area contributed by atoms with Crippen LogP contribution in [0.3, 0.4) is 0 Å². The number of esters is 1. The van der Waals surface area contributed by atoms with Gasteiger partial charge in [0.05, 0.1) is 28.6 Å². The van der Waals surface area contributed by atoms with Gasteiger partial charge in [-0.2, -0.15) is 4.98 Å². The van der Waals surface area contributed by atoms with Gasteiger partial charge in [-0.1, -0.05) is 53.4 Å². The quantitative estimate of drug-likeness (QED) is 0.223. The van der Waals surface area contributed by atoms with Gasteiger partial charge < -0.3 is 20.1 Å². The van der Waals surface area contributed by atoms with Gasteiger partial charge in [-0.15, -0.1) is 0 Å². The number of nitrogens with zero attached hydrogens (tertiary/aromatic N) is 2. The van der Waals surface area contributed by atoms with Crippen molar-refractivity contribution in [3.63, 3.8) is 0 Å². The topological polar surface area (TPSA) is 134 Å². The summed E-state index contributed by atoms with van der Waals surface area (Å²) in [6, 6.07) is 13.6. The zero-order valence-electron chi connectivity index (χ0n) is 16.6. The number of fused-ring (bicyclic) bond motifs is 1. The number of H-pyrrole nitrogens is 1. The molecule has 0 spiro atoms. The van der Waals surface area contributed by atoms with Crippen LogP contribution < -0.4 is 10.9 Å². The Labute approximate surface area is 189 Å². The summed E-state index contributed by atoms with van der Waals surface area (Å²) in [7, 11) is 1.31. The van der Waals surface area contributed by atoms with Crippen LogP contribution in [0.5, 0.6) is 5.88 Å². The highest BCUT2D eigenvalue weighted by Gasteiger charge is 2.15.